The molecule has 0 aliphatic heterocycles. The van der Waals surface area contributed by atoms with E-state index in [1.54, 1.807) is 13.0 Å². The number of rotatable bonds is 21. The van der Waals surface area contributed by atoms with E-state index in [1.165, 1.54) is 12.1 Å². The number of carbonyl (C=O) groups excluding carboxylic acids is 3. The summed E-state index contributed by atoms with van der Waals surface area (Å²) in [6.07, 6.45) is 0. The van der Waals surface area contributed by atoms with Crippen LogP contribution >= 0.6 is 0 Å². The molecule has 0 spiro atoms. The number of carbonyl (C=O) groups is 3. The van der Waals surface area contributed by atoms with E-state index >= 15 is 0 Å². The number of ether oxygens (including phenoxy) is 7. The van der Waals surface area contributed by atoms with E-state index in [0.717, 1.165) is 18.2 Å². The van der Waals surface area contributed by atoms with E-state index < -0.39 is 22.8 Å². The molecule has 15 nitrogen and oxygen atoms in total. The van der Waals surface area contributed by atoms with Crippen molar-refractivity contribution in [1.29, 1.82) is 0 Å². The number of hydrogen-bond donors (Lipinski definition) is 0. The maximum Gasteiger partial charge on any atom is 0.423 e. The summed E-state index contributed by atoms with van der Waals surface area (Å²) in [4.78, 5) is 58.5. The minimum absolute atomic E-state index is 0.0423. The number of nitrogens with zero attached hydrogens (tertiary/aromatic N) is 1. The minimum Gasteiger partial charge on any atom is -0.460 e. The number of non-ortho nitro benzene ring substituents is 1. The monoisotopic (exact) mass is 623 g/mol. The Morgan fingerprint density at radius 2 is 1.27 bits per heavy atom. The summed E-state index contributed by atoms with van der Waals surface area (Å²) in [5.74, 6) is -4.14. The second kappa shape index (κ2) is 20.8. The van der Waals surface area contributed by atoms with Crippen LogP contribution in [0.15, 0.2) is 36.4 Å². The van der Waals surface area contributed by atoms with Gasteiger partial charge in [0.1, 0.15) is 36.9 Å². The van der Waals surface area contributed by atoms with E-state index in [1.807, 2.05) is 13.8 Å². The molecule has 0 N–H and O–H groups in total. The molecule has 0 aliphatic rings. The SMILES string of the molecule is CCOCCOCCOOCc1cc([N+](=O)[O-])ccc1OC(=O)C(=O)Oc1ccc(C)cc1C(=O)OCCOCCOCC. The van der Waals surface area contributed by atoms with Crippen molar-refractivity contribution in [3.63, 3.8) is 0 Å². The van der Waals surface area contributed by atoms with Crippen LogP contribution in [-0.2, 0) is 49.7 Å². The fourth-order valence-corrected chi connectivity index (χ4v) is 3.32. The van der Waals surface area contributed by atoms with Crippen molar-refractivity contribution < 1.29 is 62.2 Å². The Hall–Kier alpha value is -3.99. The van der Waals surface area contributed by atoms with Crippen LogP contribution in [0.3, 0.4) is 0 Å². The standard InChI is InChI=1S/C29H37NO14/c1-4-36-10-12-38-14-16-40-27(31)24-18-21(3)6-8-26(24)44-29(33)28(32)43-25-9-7-23(30(34)35)19-22(25)20-42-41-17-15-39-13-11-37-5-2/h6-9,18-19H,4-5,10-17,20H2,1-3H3. The van der Waals surface area contributed by atoms with Crippen LogP contribution in [0.1, 0.15) is 35.3 Å². The van der Waals surface area contributed by atoms with Gasteiger partial charge in [-0.05, 0) is 44.5 Å². The molecule has 0 saturated carbocycles. The molecular formula is C29H37NO14. The molecule has 2 aromatic rings. The summed E-state index contributed by atoms with van der Waals surface area (Å²) < 4.78 is 36.3. The maximum absolute atomic E-state index is 12.6. The molecule has 44 heavy (non-hydrogen) atoms. The van der Waals surface area contributed by atoms with Crippen molar-refractivity contribution in [3.8, 4) is 11.5 Å². The second-order valence-electron chi connectivity index (χ2n) is 8.67. The second-order valence-corrected chi connectivity index (χ2v) is 8.67. The van der Waals surface area contributed by atoms with Crippen molar-refractivity contribution in [3.05, 3.63) is 63.2 Å². The van der Waals surface area contributed by atoms with Crippen molar-refractivity contribution in [2.75, 3.05) is 66.1 Å². The molecule has 0 amide bonds. The van der Waals surface area contributed by atoms with E-state index in [2.05, 4.69) is 0 Å². The number of benzene rings is 2. The summed E-state index contributed by atoms with van der Waals surface area (Å²) in [5, 5.41) is 11.2. The van der Waals surface area contributed by atoms with Crippen LogP contribution < -0.4 is 9.47 Å². The van der Waals surface area contributed by atoms with Gasteiger partial charge >= 0.3 is 17.9 Å². The van der Waals surface area contributed by atoms with Crippen molar-refractivity contribution in [2.45, 2.75) is 27.4 Å². The van der Waals surface area contributed by atoms with Crippen molar-refractivity contribution in [2.24, 2.45) is 0 Å². The zero-order valence-corrected chi connectivity index (χ0v) is 24.9. The summed E-state index contributed by atoms with van der Waals surface area (Å²) in [6, 6.07) is 7.64. The van der Waals surface area contributed by atoms with Gasteiger partial charge in [-0.25, -0.2) is 24.2 Å². The topological polar surface area (TPSA) is 177 Å². The molecule has 0 fully saturated rings. The van der Waals surface area contributed by atoms with Gasteiger partial charge in [0.2, 0.25) is 0 Å². The quantitative estimate of drug-likeness (QED) is 0.0377. The zero-order chi connectivity index (χ0) is 32.2. The highest BCUT2D eigenvalue weighted by molar-refractivity contribution is 6.31. The van der Waals surface area contributed by atoms with Gasteiger partial charge in [0, 0.05) is 30.9 Å². The Kier molecular flexibility index (Phi) is 17.1. The molecule has 0 atom stereocenters. The fraction of sp³-hybridized carbons (Fsp3) is 0.483. The molecular weight excluding hydrogens is 586 g/mol. The van der Waals surface area contributed by atoms with E-state index in [9.17, 15) is 24.5 Å². The summed E-state index contributed by atoms with van der Waals surface area (Å²) >= 11 is 0. The first-order valence-corrected chi connectivity index (χ1v) is 13.8. The lowest BCUT2D eigenvalue weighted by atomic mass is 10.1. The summed E-state index contributed by atoms with van der Waals surface area (Å²) in [5.41, 5.74) is 0.305. The lowest BCUT2D eigenvalue weighted by molar-refractivity contribution is -0.385. The van der Waals surface area contributed by atoms with Crippen LogP contribution in [0.2, 0.25) is 0 Å². The number of nitro groups is 1. The fourth-order valence-electron chi connectivity index (χ4n) is 3.32. The maximum atomic E-state index is 12.6. The molecule has 0 unspecified atom stereocenters. The third-order valence-electron chi connectivity index (χ3n) is 5.40. The highest BCUT2D eigenvalue weighted by Gasteiger charge is 2.25. The Labute approximate surface area is 254 Å². The molecule has 0 heterocycles. The van der Waals surface area contributed by atoms with Gasteiger partial charge < -0.3 is 33.2 Å². The third-order valence-corrected chi connectivity index (χ3v) is 5.40. The zero-order valence-electron chi connectivity index (χ0n) is 24.9. The number of aryl methyl sites for hydroxylation is 1. The molecule has 0 aliphatic carbocycles. The normalized spacial score (nSPS) is 10.8. The smallest absolute Gasteiger partial charge is 0.423 e. The lowest BCUT2D eigenvalue weighted by Gasteiger charge is -2.12. The van der Waals surface area contributed by atoms with Gasteiger partial charge in [-0.2, -0.15) is 0 Å². The third kappa shape index (κ3) is 13.5. The van der Waals surface area contributed by atoms with E-state index in [0.29, 0.717) is 45.2 Å². The molecule has 15 heteroatoms. The lowest BCUT2D eigenvalue weighted by Crippen LogP contribution is -2.26. The average molecular weight is 624 g/mol. The molecule has 2 aromatic carbocycles. The van der Waals surface area contributed by atoms with Crippen LogP contribution in [-0.4, -0.2) is 88.9 Å². The van der Waals surface area contributed by atoms with Gasteiger partial charge in [0.15, 0.2) is 0 Å². The number of nitro benzene ring substituents is 1. The van der Waals surface area contributed by atoms with E-state index in [-0.39, 0.29) is 61.3 Å². The molecule has 0 bridgehead atoms. The number of esters is 3. The highest BCUT2D eigenvalue weighted by atomic mass is 17.2. The summed E-state index contributed by atoms with van der Waals surface area (Å²) in [7, 11) is 0. The van der Waals surface area contributed by atoms with Gasteiger partial charge in [-0.15, -0.1) is 0 Å². The van der Waals surface area contributed by atoms with Gasteiger partial charge in [-0.1, -0.05) is 6.07 Å². The van der Waals surface area contributed by atoms with Crippen LogP contribution in [0.5, 0.6) is 11.5 Å². The van der Waals surface area contributed by atoms with Crippen molar-refractivity contribution >= 4 is 23.6 Å². The van der Waals surface area contributed by atoms with Gasteiger partial charge in [-0.3, -0.25) is 10.1 Å². The van der Waals surface area contributed by atoms with Crippen LogP contribution in [0, 0.1) is 17.0 Å². The van der Waals surface area contributed by atoms with Gasteiger partial charge in [0.25, 0.3) is 5.69 Å². The molecule has 242 valence electrons. The number of hydrogen-bond acceptors (Lipinski definition) is 14. The molecule has 0 radical (unpaired) electrons. The van der Waals surface area contributed by atoms with Crippen LogP contribution in [0.25, 0.3) is 0 Å². The van der Waals surface area contributed by atoms with Gasteiger partial charge in [0.05, 0.1) is 44.6 Å². The Morgan fingerprint density at radius 1 is 0.705 bits per heavy atom. The molecule has 0 saturated heterocycles. The molecule has 0 aromatic heterocycles. The summed E-state index contributed by atoms with van der Waals surface area (Å²) in [6.45, 7) is 8.07. The predicted molar refractivity (Wildman–Crippen MR) is 151 cm³/mol. The largest absolute Gasteiger partial charge is 0.460 e. The highest BCUT2D eigenvalue weighted by Crippen LogP contribution is 2.26. The Bertz CT molecular complexity index is 1220. The van der Waals surface area contributed by atoms with Crippen molar-refractivity contribution in [1.82, 2.24) is 0 Å². The minimum atomic E-state index is -1.45. The molecule has 2 rings (SSSR count). The van der Waals surface area contributed by atoms with E-state index in [4.69, 9.17) is 42.9 Å². The first kappa shape index (κ1) is 36.2. The predicted octanol–water partition coefficient (Wildman–Crippen LogP) is 3.13. The average Bonchev–Trinajstić information content (AvgIpc) is 3.00. The first-order chi connectivity index (χ1) is 21.3. The first-order valence-electron chi connectivity index (χ1n) is 13.8. The van der Waals surface area contributed by atoms with Crippen LogP contribution in [0.4, 0.5) is 5.69 Å². The Morgan fingerprint density at radius 3 is 1.91 bits per heavy atom. The Balaban J connectivity index is 1.97.